The smallest absolute Gasteiger partial charge is 0.410 e. The van der Waals surface area contributed by atoms with Crippen molar-refractivity contribution in [2.45, 2.75) is 52.8 Å². The molecule has 1 fully saturated rings. The largest absolute Gasteiger partial charge is 0.444 e. The second-order valence-electron chi connectivity index (χ2n) is 8.05. The van der Waals surface area contributed by atoms with Gasteiger partial charge >= 0.3 is 6.09 Å². The van der Waals surface area contributed by atoms with Crippen molar-refractivity contribution in [1.82, 2.24) is 24.9 Å². The van der Waals surface area contributed by atoms with Crippen LogP contribution in [0, 0.1) is 6.92 Å². The van der Waals surface area contributed by atoms with Crippen molar-refractivity contribution in [3.8, 4) is 0 Å². The minimum Gasteiger partial charge on any atom is -0.444 e. The number of aromatic nitrogens is 2. The normalized spacial score (nSPS) is 15.5. The fourth-order valence-corrected chi connectivity index (χ4v) is 2.99. The maximum absolute atomic E-state index is 12.0. The van der Waals surface area contributed by atoms with E-state index in [9.17, 15) is 4.79 Å². The van der Waals surface area contributed by atoms with Gasteiger partial charge in [0.1, 0.15) is 11.2 Å². The van der Waals surface area contributed by atoms with Crippen LogP contribution in [-0.2, 0) is 11.3 Å². The van der Waals surface area contributed by atoms with E-state index in [1.54, 1.807) is 4.90 Å². The molecule has 1 saturated heterocycles. The Labute approximate surface area is 166 Å². The predicted molar refractivity (Wildman–Crippen MR) is 109 cm³/mol. The first kappa shape index (κ1) is 20.0. The maximum atomic E-state index is 12.0. The van der Waals surface area contributed by atoms with Crippen LogP contribution in [0.2, 0.25) is 0 Å². The summed E-state index contributed by atoms with van der Waals surface area (Å²) in [7, 11) is 0. The van der Waals surface area contributed by atoms with E-state index < -0.39 is 5.60 Å². The number of carbonyl (C=O) groups excluding carboxylic acids is 1. The number of imidazole rings is 1. The molecule has 0 bridgehead atoms. The topological polar surface area (TPSA) is 83.3 Å². The highest BCUT2D eigenvalue weighted by molar-refractivity contribution is 5.80. The van der Waals surface area contributed by atoms with Gasteiger partial charge in [-0.1, -0.05) is 6.07 Å². The molecule has 0 aliphatic carbocycles. The minimum atomic E-state index is -0.474. The highest BCUT2D eigenvalue weighted by atomic mass is 16.6. The number of hydrogen-bond acceptors (Lipinski definition) is 4. The minimum absolute atomic E-state index is 0.161. The first-order valence-corrected chi connectivity index (χ1v) is 9.71. The zero-order chi connectivity index (χ0) is 20.3. The summed E-state index contributed by atoms with van der Waals surface area (Å²) in [5.74, 6) is 0.727. The molecule has 3 rings (SSSR count). The standard InChI is InChI=1S/C20H30N6O2/c1-6-21-18(24-16-11-25(12-16)19(27)28-20(3,4)5)22-10-15-13-26-14(2)8-7-9-17(26)23-15/h7-9,13,16H,6,10-12H2,1-5H3,(H2,21,22,24). The Morgan fingerprint density at radius 3 is 2.75 bits per heavy atom. The van der Waals surface area contributed by atoms with Crippen LogP contribution in [0.3, 0.4) is 0 Å². The average molecular weight is 387 g/mol. The van der Waals surface area contributed by atoms with Gasteiger partial charge < -0.3 is 24.7 Å². The number of amides is 1. The molecule has 0 radical (unpaired) electrons. The summed E-state index contributed by atoms with van der Waals surface area (Å²) in [6.45, 7) is 12.2. The summed E-state index contributed by atoms with van der Waals surface area (Å²) in [5.41, 5.74) is 2.51. The summed E-state index contributed by atoms with van der Waals surface area (Å²) < 4.78 is 7.45. The molecule has 0 spiro atoms. The van der Waals surface area contributed by atoms with Gasteiger partial charge in [0.2, 0.25) is 0 Å². The lowest BCUT2D eigenvalue weighted by Crippen LogP contribution is -2.63. The van der Waals surface area contributed by atoms with E-state index >= 15 is 0 Å². The Kier molecular flexibility index (Phi) is 5.76. The number of likely N-dealkylation sites (tertiary alicyclic amines) is 1. The molecule has 0 saturated carbocycles. The lowest BCUT2D eigenvalue weighted by molar-refractivity contribution is 0.00701. The number of ether oxygens (including phenoxy) is 1. The number of pyridine rings is 1. The molecule has 1 aliphatic rings. The Balaban J connectivity index is 1.56. The van der Waals surface area contributed by atoms with Crippen LogP contribution in [0.1, 0.15) is 39.1 Å². The number of guanidine groups is 1. The quantitative estimate of drug-likeness (QED) is 0.622. The third-order valence-corrected chi connectivity index (χ3v) is 4.36. The first-order chi connectivity index (χ1) is 13.2. The molecule has 0 aromatic carbocycles. The second kappa shape index (κ2) is 8.08. The van der Waals surface area contributed by atoms with Crippen LogP contribution in [0.5, 0.6) is 0 Å². The van der Waals surface area contributed by atoms with E-state index in [4.69, 9.17) is 4.74 Å². The SMILES string of the molecule is CCNC(=NCc1cn2c(C)cccc2n1)NC1CN(C(=O)OC(C)(C)C)C1. The molecule has 2 aromatic rings. The number of aryl methyl sites for hydroxylation is 1. The summed E-state index contributed by atoms with van der Waals surface area (Å²) in [4.78, 5) is 23.0. The molecule has 8 heteroatoms. The first-order valence-electron chi connectivity index (χ1n) is 9.71. The molecular formula is C20H30N6O2. The number of hydrogen-bond donors (Lipinski definition) is 2. The Hall–Kier alpha value is -2.77. The van der Waals surface area contributed by atoms with Crippen LogP contribution in [0.15, 0.2) is 29.4 Å². The van der Waals surface area contributed by atoms with Gasteiger partial charge in [0, 0.05) is 31.5 Å². The van der Waals surface area contributed by atoms with Crippen molar-refractivity contribution in [2.24, 2.45) is 4.99 Å². The van der Waals surface area contributed by atoms with E-state index in [0.29, 0.717) is 19.6 Å². The van der Waals surface area contributed by atoms with Gasteiger partial charge in [-0.15, -0.1) is 0 Å². The van der Waals surface area contributed by atoms with Crippen LogP contribution < -0.4 is 10.6 Å². The molecular weight excluding hydrogens is 356 g/mol. The van der Waals surface area contributed by atoms with Gasteiger partial charge in [-0.05, 0) is 46.8 Å². The number of fused-ring (bicyclic) bond motifs is 1. The van der Waals surface area contributed by atoms with Gasteiger partial charge in [-0.2, -0.15) is 0 Å². The van der Waals surface area contributed by atoms with Crippen molar-refractivity contribution in [3.05, 3.63) is 35.8 Å². The second-order valence-corrected chi connectivity index (χ2v) is 8.05. The third kappa shape index (κ3) is 4.94. The van der Waals surface area contributed by atoms with Gasteiger partial charge in [0.15, 0.2) is 5.96 Å². The van der Waals surface area contributed by atoms with Gasteiger partial charge in [0.05, 0.1) is 18.3 Å². The molecule has 152 valence electrons. The summed E-state index contributed by atoms with van der Waals surface area (Å²) in [6, 6.07) is 6.21. The number of carbonyl (C=O) groups is 1. The van der Waals surface area contributed by atoms with Crippen LogP contribution in [0.4, 0.5) is 4.79 Å². The Bertz CT molecular complexity index is 861. The summed E-state index contributed by atoms with van der Waals surface area (Å²) in [5, 5.41) is 6.62. The monoisotopic (exact) mass is 386 g/mol. The molecule has 2 aromatic heterocycles. The average Bonchev–Trinajstić information content (AvgIpc) is 2.98. The van der Waals surface area contributed by atoms with Crippen LogP contribution in [-0.4, -0.2) is 57.6 Å². The molecule has 1 aliphatic heterocycles. The molecule has 0 unspecified atom stereocenters. The molecule has 3 heterocycles. The van der Waals surface area contributed by atoms with Crippen molar-refractivity contribution in [2.75, 3.05) is 19.6 Å². The van der Waals surface area contributed by atoms with E-state index in [1.807, 2.05) is 46.0 Å². The van der Waals surface area contributed by atoms with Gasteiger partial charge in [-0.25, -0.2) is 14.8 Å². The zero-order valence-electron chi connectivity index (χ0n) is 17.3. The lowest BCUT2D eigenvalue weighted by atomic mass is 10.1. The highest BCUT2D eigenvalue weighted by Crippen LogP contribution is 2.15. The van der Waals surface area contributed by atoms with E-state index in [-0.39, 0.29) is 12.1 Å². The van der Waals surface area contributed by atoms with Crippen molar-refractivity contribution < 1.29 is 9.53 Å². The van der Waals surface area contributed by atoms with Gasteiger partial charge in [-0.3, -0.25) is 0 Å². The van der Waals surface area contributed by atoms with E-state index in [2.05, 4.69) is 38.0 Å². The fourth-order valence-electron chi connectivity index (χ4n) is 2.99. The van der Waals surface area contributed by atoms with Crippen molar-refractivity contribution >= 4 is 17.7 Å². The summed E-state index contributed by atoms with van der Waals surface area (Å²) in [6.07, 6.45) is 1.75. The number of aliphatic imine (C=N–C) groups is 1. The maximum Gasteiger partial charge on any atom is 0.410 e. The van der Waals surface area contributed by atoms with E-state index in [1.165, 1.54) is 0 Å². The van der Waals surface area contributed by atoms with Crippen molar-refractivity contribution in [3.63, 3.8) is 0 Å². The van der Waals surface area contributed by atoms with Crippen molar-refractivity contribution in [1.29, 1.82) is 0 Å². The Morgan fingerprint density at radius 1 is 1.36 bits per heavy atom. The van der Waals surface area contributed by atoms with Crippen LogP contribution in [0.25, 0.3) is 5.65 Å². The fraction of sp³-hybridized carbons (Fsp3) is 0.550. The number of nitrogens with one attached hydrogen (secondary N) is 2. The third-order valence-electron chi connectivity index (χ3n) is 4.36. The van der Waals surface area contributed by atoms with Crippen LogP contribution >= 0.6 is 0 Å². The van der Waals surface area contributed by atoms with E-state index in [0.717, 1.165) is 29.5 Å². The number of nitrogens with zero attached hydrogens (tertiary/aromatic N) is 4. The van der Waals surface area contributed by atoms with Gasteiger partial charge in [0.25, 0.3) is 0 Å². The highest BCUT2D eigenvalue weighted by Gasteiger charge is 2.34. The Morgan fingerprint density at radius 2 is 2.11 bits per heavy atom. The predicted octanol–water partition coefficient (Wildman–Crippen LogP) is 2.32. The zero-order valence-corrected chi connectivity index (χ0v) is 17.3. The molecule has 2 N–H and O–H groups in total. The molecule has 0 atom stereocenters. The molecule has 28 heavy (non-hydrogen) atoms. The lowest BCUT2D eigenvalue weighted by Gasteiger charge is -2.40. The molecule has 8 nitrogen and oxygen atoms in total. The molecule has 1 amide bonds. The summed E-state index contributed by atoms with van der Waals surface area (Å²) >= 11 is 0. The number of rotatable bonds is 4.